The normalized spacial score (nSPS) is 10.8. The number of hydrogen-bond donors (Lipinski definition) is 2. The molecule has 0 unspecified atom stereocenters. The first-order valence-electron chi connectivity index (χ1n) is 8.75. The molecule has 0 saturated heterocycles. The number of phenolic OH excluding ortho intramolecular Hbond substituents is 1. The number of nitrogens with one attached hydrogen (secondary N) is 1. The fraction of sp³-hybridized carbons (Fsp3) is 0.0435. The summed E-state index contributed by atoms with van der Waals surface area (Å²) in [5.74, 6) is 0.161. The van der Waals surface area contributed by atoms with Crippen LogP contribution < -0.4 is 10.7 Å². The first-order valence-corrected chi connectivity index (χ1v) is 8.75. The number of phenols is 1. The van der Waals surface area contributed by atoms with Gasteiger partial charge >= 0.3 is 0 Å². The Labute approximate surface area is 160 Å². The number of aromatic hydroxyl groups is 1. The number of hydrogen-bond acceptors (Lipinski definition) is 4. The van der Waals surface area contributed by atoms with Crippen molar-refractivity contribution in [2.24, 2.45) is 0 Å². The van der Waals surface area contributed by atoms with E-state index in [9.17, 15) is 14.7 Å². The Kier molecular flexibility index (Phi) is 4.41. The van der Waals surface area contributed by atoms with Crippen LogP contribution in [-0.2, 0) is 4.79 Å². The molecule has 0 bridgehead atoms. The predicted molar refractivity (Wildman–Crippen MR) is 109 cm³/mol. The third-order valence-electron chi connectivity index (χ3n) is 4.41. The second-order valence-corrected chi connectivity index (χ2v) is 6.47. The summed E-state index contributed by atoms with van der Waals surface area (Å²) in [7, 11) is 0. The second-order valence-electron chi connectivity index (χ2n) is 6.47. The molecule has 0 aliphatic rings. The average molecular weight is 371 g/mol. The zero-order valence-electron chi connectivity index (χ0n) is 15.1. The monoisotopic (exact) mass is 371 g/mol. The number of fused-ring (bicyclic) bond motifs is 1. The van der Waals surface area contributed by atoms with Gasteiger partial charge in [0, 0.05) is 24.2 Å². The molecule has 0 atom stereocenters. The van der Waals surface area contributed by atoms with Crippen molar-refractivity contribution in [1.29, 1.82) is 0 Å². The van der Waals surface area contributed by atoms with Gasteiger partial charge in [-0.3, -0.25) is 9.59 Å². The van der Waals surface area contributed by atoms with E-state index in [0.717, 1.165) is 11.1 Å². The van der Waals surface area contributed by atoms with E-state index in [-0.39, 0.29) is 22.5 Å². The standard InChI is InChI=1S/C23H17NO4/c1-14(25)24-18-9-7-15(8-10-18)17-11-19(26)23-20(27)13-21(28-22(23)12-17)16-5-3-2-4-6-16/h2-13,26H,1H3,(H,24,25). The molecule has 4 aromatic rings. The largest absolute Gasteiger partial charge is 0.507 e. The lowest BCUT2D eigenvalue weighted by Gasteiger charge is -2.09. The lowest BCUT2D eigenvalue weighted by atomic mass is 10.0. The molecule has 1 amide bonds. The molecule has 0 spiro atoms. The van der Waals surface area contributed by atoms with Crippen molar-refractivity contribution >= 4 is 22.6 Å². The molecule has 0 fully saturated rings. The van der Waals surface area contributed by atoms with E-state index < -0.39 is 0 Å². The van der Waals surface area contributed by atoms with Gasteiger partial charge in [0.15, 0.2) is 5.43 Å². The van der Waals surface area contributed by atoms with Crippen LogP contribution >= 0.6 is 0 Å². The third kappa shape index (κ3) is 3.38. The highest BCUT2D eigenvalue weighted by atomic mass is 16.3. The Bertz CT molecular complexity index is 1230. The highest BCUT2D eigenvalue weighted by Crippen LogP contribution is 2.32. The van der Waals surface area contributed by atoms with Crippen molar-refractivity contribution in [3.05, 3.63) is 83.0 Å². The van der Waals surface area contributed by atoms with Crippen LogP contribution in [0.4, 0.5) is 5.69 Å². The van der Waals surface area contributed by atoms with E-state index in [1.807, 2.05) is 42.5 Å². The van der Waals surface area contributed by atoms with Crippen molar-refractivity contribution < 1.29 is 14.3 Å². The number of rotatable bonds is 3. The van der Waals surface area contributed by atoms with Crippen LogP contribution in [0.3, 0.4) is 0 Å². The van der Waals surface area contributed by atoms with E-state index >= 15 is 0 Å². The first-order chi connectivity index (χ1) is 13.5. The van der Waals surface area contributed by atoms with Crippen molar-refractivity contribution in [3.63, 3.8) is 0 Å². The number of benzene rings is 3. The van der Waals surface area contributed by atoms with Crippen LogP contribution in [0.25, 0.3) is 33.4 Å². The maximum Gasteiger partial charge on any atom is 0.221 e. The van der Waals surface area contributed by atoms with Gasteiger partial charge in [-0.1, -0.05) is 42.5 Å². The van der Waals surface area contributed by atoms with Crippen molar-refractivity contribution in [2.45, 2.75) is 6.92 Å². The molecule has 1 aromatic heterocycles. The minimum atomic E-state index is -0.301. The van der Waals surface area contributed by atoms with Crippen molar-refractivity contribution in [2.75, 3.05) is 5.32 Å². The van der Waals surface area contributed by atoms with Gasteiger partial charge in [-0.15, -0.1) is 0 Å². The number of amides is 1. The van der Waals surface area contributed by atoms with E-state index in [1.54, 1.807) is 18.2 Å². The number of carbonyl (C=O) groups is 1. The van der Waals surface area contributed by atoms with Gasteiger partial charge < -0.3 is 14.8 Å². The van der Waals surface area contributed by atoms with Gasteiger partial charge in [-0.2, -0.15) is 0 Å². The fourth-order valence-corrected chi connectivity index (χ4v) is 3.13. The summed E-state index contributed by atoms with van der Waals surface area (Å²) in [6.45, 7) is 1.45. The maximum absolute atomic E-state index is 12.5. The fourth-order valence-electron chi connectivity index (χ4n) is 3.13. The Morgan fingerprint density at radius 3 is 2.29 bits per heavy atom. The zero-order valence-corrected chi connectivity index (χ0v) is 15.1. The SMILES string of the molecule is CC(=O)Nc1ccc(-c2cc(O)c3c(=O)cc(-c4ccccc4)oc3c2)cc1. The molecule has 1 heterocycles. The number of carbonyl (C=O) groups excluding carboxylic acids is 1. The van der Waals surface area contributed by atoms with Crippen LogP contribution in [0.5, 0.6) is 5.75 Å². The lowest BCUT2D eigenvalue weighted by Crippen LogP contribution is -2.05. The van der Waals surface area contributed by atoms with E-state index in [2.05, 4.69) is 5.32 Å². The zero-order chi connectivity index (χ0) is 19.7. The first kappa shape index (κ1) is 17.5. The third-order valence-corrected chi connectivity index (χ3v) is 4.41. The van der Waals surface area contributed by atoms with Crippen LogP contribution in [0.1, 0.15) is 6.92 Å². The molecular formula is C23H17NO4. The topological polar surface area (TPSA) is 79.5 Å². The molecular weight excluding hydrogens is 354 g/mol. The van der Waals surface area contributed by atoms with Crippen LogP contribution in [0.2, 0.25) is 0 Å². The van der Waals surface area contributed by atoms with Gasteiger partial charge in [0.1, 0.15) is 22.5 Å². The number of anilines is 1. The lowest BCUT2D eigenvalue weighted by molar-refractivity contribution is -0.114. The van der Waals surface area contributed by atoms with Crippen molar-refractivity contribution in [3.8, 4) is 28.2 Å². The highest BCUT2D eigenvalue weighted by Gasteiger charge is 2.13. The predicted octanol–water partition coefficient (Wildman–Crippen LogP) is 4.79. The van der Waals surface area contributed by atoms with E-state index in [4.69, 9.17) is 4.42 Å². The molecule has 0 aliphatic heterocycles. The van der Waals surface area contributed by atoms with Gasteiger partial charge in [-0.05, 0) is 35.4 Å². The average Bonchev–Trinajstić information content (AvgIpc) is 2.68. The summed E-state index contributed by atoms with van der Waals surface area (Å²) < 4.78 is 5.93. The Balaban J connectivity index is 1.82. The van der Waals surface area contributed by atoms with Crippen molar-refractivity contribution in [1.82, 2.24) is 0 Å². The summed E-state index contributed by atoms with van der Waals surface area (Å²) in [5, 5.41) is 13.3. The molecule has 2 N–H and O–H groups in total. The summed E-state index contributed by atoms with van der Waals surface area (Å²) in [6, 6.07) is 21.2. The quantitative estimate of drug-likeness (QED) is 0.543. The molecule has 28 heavy (non-hydrogen) atoms. The summed E-state index contributed by atoms with van der Waals surface area (Å²) >= 11 is 0. The minimum Gasteiger partial charge on any atom is -0.507 e. The van der Waals surface area contributed by atoms with Crippen LogP contribution in [-0.4, -0.2) is 11.0 Å². The van der Waals surface area contributed by atoms with E-state index in [0.29, 0.717) is 22.6 Å². The summed E-state index contributed by atoms with van der Waals surface area (Å²) in [6.07, 6.45) is 0. The van der Waals surface area contributed by atoms with Crippen LogP contribution in [0.15, 0.2) is 82.0 Å². The Morgan fingerprint density at radius 2 is 1.61 bits per heavy atom. The molecule has 138 valence electrons. The molecule has 0 saturated carbocycles. The Morgan fingerprint density at radius 1 is 0.893 bits per heavy atom. The highest BCUT2D eigenvalue weighted by molar-refractivity contribution is 5.91. The molecule has 5 heteroatoms. The molecule has 0 radical (unpaired) electrons. The van der Waals surface area contributed by atoms with Crippen LogP contribution in [0, 0.1) is 0 Å². The molecule has 5 nitrogen and oxygen atoms in total. The molecule has 4 rings (SSSR count). The Hall–Kier alpha value is -3.86. The molecule has 0 aliphatic carbocycles. The second kappa shape index (κ2) is 7.04. The van der Waals surface area contributed by atoms with Gasteiger partial charge in [-0.25, -0.2) is 0 Å². The summed E-state index contributed by atoms with van der Waals surface area (Å²) in [5.41, 5.74) is 2.99. The minimum absolute atomic E-state index is 0.133. The molecule has 3 aromatic carbocycles. The smallest absolute Gasteiger partial charge is 0.221 e. The van der Waals surface area contributed by atoms with Gasteiger partial charge in [0.25, 0.3) is 0 Å². The van der Waals surface area contributed by atoms with E-state index in [1.165, 1.54) is 19.1 Å². The maximum atomic E-state index is 12.5. The van der Waals surface area contributed by atoms with Gasteiger partial charge in [0.2, 0.25) is 5.91 Å². The summed E-state index contributed by atoms with van der Waals surface area (Å²) in [4.78, 5) is 23.7. The van der Waals surface area contributed by atoms with Gasteiger partial charge in [0.05, 0.1) is 0 Å².